The van der Waals surface area contributed by atoms with Crippen LogP contribution in [0.25, 0.3) is 0 Å². The van der Waals surface area contributed by atoms with Crippen molar-refractivity contribution < 1.29 is 14.2 Å². The molecule has 0 aromatic rings. The Kier molecular flexibility index (Phi) is 6.10. The molecule has 0 aromatic carbocycles. The van der Waals surface area contributed by atoms with Gasteiger partial charge < -0.3 is 14.2 Å². The number of fused-ring (bicyclic) bond motifs is 1. The molecule has 2 fully saturated rings. The van der Waals surface area contributed by atoms with E-state index in [1.165, 1.54) is 25.7 Å². The highest BCUT2D eigenvalue weighted by Gasteiger charge is 2.45. The van der Waals surface area contributed by atoms with Crippen LogP contribution in [-0.4, -0.2) is 31.2 Å². The maximum Gasteiger partial charge on any atom is 0.168 e. The highest BCUT2D eigenvalue weighted by atomic mass is 16.7. The number of epoxide rings is 1. The summed E-state index contributed by atoms with van der Waals surface area (Å²) in [6.07, 6.45) is 7.35. The Morgan fingerprint density at radius 1 is 1.10 bits per heavy atom. The van der Waals surface area contributed by atoms with Crippen LogP contribution in [0.1, 0.15) is 66.7 Å². The average Bonchev–Trinajstić information content (AvgIpc) is 3.23. The normalized spacial score (nSPS) is 31.6. The Balaban J connectivity index is 1.92. The van der Waals surface area contributed by atoms with E-state index in [4.69, 9.17) is 14.2 Å². The van der Waals surface area contributed by atoms with E-state index in [0.717, 1.165) is 18.3 Å². The smallest absolute Gasteiger partial charge is 0.168 e. The van der Waals surface area contributed by atoms with Crippen LogP contribution in [0.3, 0.4) is 0 Å². The predicted octanol–water partition coefficient (Wildman–Crippen LogP) is 4.40. The van der Waals surface area contributed by atoms with Gasteiger partial charge in [-0.15, -0.1) is 0 Å². The van der Waals surface area contributed by atoms with Crippen LogP contribution in [0.4, 0.5) is 0 Å². The van der Waals surface area contributed by atoms with Gasteiger partial charge in [0.1, 0.15) is 0 Å². The topological polar surface area (TPSA) is 31.0 Å². The monoisotopic (exact) mass is 298 g/mol. The summed E-state index contributed by atoms with van der Waals surface area (Å²) in [5.41, 5.74) is 0. The summed E-state index contributed by atoms with van der Waals surface area (Å²) in [5, 5.41) is 0. The van der Waals surface area contributed by atoms with Gasteiger partial charge in [0.15, 0.2) is 5.79 Å². The fourth-order valence-electron chi connectivity index (χ4n) is 4.20. The Labute approximate surface area is 130 Å². The van der Waals surface area contributed by atoms with Crippen LogP contribution in [0.5, 0.6) is 0 Å². The van der Waals surface area contributed by atoms with Gasteiger partial charge in [-0.25, -0.2) is 0 Å². The second-order valence-corrected chi connectivity index (χ2v) is 6.99. The third-order valence-corrected chi connectivity index (χ3v) is 5.60. The van der Waals surface area contributed by atoms with Crippen LogP contribution in [0.2, 0.25) is 0 Å². The van der Waals surface area contributed by atoms with Crippen molar-refractivity contribution in [1.82, 2.24) is 0 Å². The number of rotatable bonds is 9. The molecule has 2 rings (SSSR count). The summed E-state index contributed by atoms with van der Waals surface area (Å²) >= 11 is 0. The average molecular weight is 298 g/mol. The lowest BCUT2D eigenvalue weighted by molar-refractivity contribution is -0.255. The van der Waals surface area contributed by atoms with Crippen molar-refractivity contribution in [3.63, 3.8) is 0 Å². The Hall–Kier alpha value is -0.120. The van der Waals surface area contributed by atoms with E-state index >= 15 is 0 Å². The highest BCUT2D eigenvalue weighted by Crippen LogP contribution is 2.44. The summed E-state index contributed by atoms with van der Waals surface area (Å²) < 4.78 is 17.7. The summed E-state index contributed by atoms with van der Waals surface area (Å²) in [4.78, 5) is 0. The van der Waals surface area contributed by atoms with E-state index in [0.29, 0.717) is 31.3 Å². The summed E-state index contributed by atoms with van der Waals surface area (Å²) in [5.74, 6) is 1.57. The Morgan fingerprint density at radius 2 is 1.76 bits per heavy atom. The zero-order valence-corrected chi connectivity index (χ0v) is 14.6. The molecule has 0 aromatic heterocycles. The van der Waals surface area contributed by atoms with Crippen molar-refractivity contribution in [3.05, 3.63) is 0 Å². The molecule has 2 aliphatic rings. The minimum absolute atomic E-state index is 0.431. The standard InChI is InChI=1S/C18H34O3/c1-6-15(18(5,19-7-2)20-8-3)11-13(4)14-9-10-16-17(12-14)21-16/h13-17H,6-12H2,1-5H3. The second kappa shape index (κ2) is 7.43. The van der Waals surface area contributed by atoms with E-state index in [1.807, 2.05) is 0 Å². The van der Waals surface area contributed by atoms with E-state index in [2.05, 4.69) is 34.6 Å². The maximum atomic E-state index is 5.99. The molecule has 0 spiro atoms. The highest BCUT2D eigenvalue weighted by molar-refractivity contribution is 4.93. The lowest BCUT2D eigenvalue weighted by Crippen LogP contribution is -2.42. The van der Waals surface area contributed by atoms with Crippen LogP contribution < -0.4 is 0 Å². The van der Waals surface area contributed by atoms with Crippen molar-refractivity contribution in [2.45, 2.75) is 84.7 Å². The second-order valence-electron chi connectivity index (χ2n) is 6.99. The Morgan fingerprint density at radius 3 is 2.29 bits per heavy atom. The molecule has 0 amide bonds. The molecule has 3 heteroatoms. The fraction of sp³-hybridized carbons (Fsp3) is 1.00. The molecule has 5 unspecified atom stereocenters. The largest absolute Gasteiger partial charge is 0.370 e. The first kappa shape index (κ1) is 17.2. The lowest BCUT2D eigenvalue weighted by atomic mass is 9.75. The number of hydrogen-bond donors (Lipinski definition) is 0. The van der Waals surface area contributed by atoms with E-state index < -0.39 is 5.79 Å². The molecule has 0 N–H and O–H groups in total. The van der Waals surface area contributed by atoms with Gasteiger partial charge in [-0.05, 0) is 64.7 Å². The van der Waals surface area contributed by atoms with Gasteiger partial charge in [0.25, 0.3) is 0 Å². The SMILES string of the molecule is CCOC(C)(OCC)C(CC)CC(C)C1CCC2OC2C1. The van der Waals surface area contributed by atoms with E-state index in [-0.39, 0.29) is 0 Å². The quantitative estimate of drug-likeness (QED) is 0.467. The van der Waals surface area contributed by atoms with Crippen LogP contribution in [-0.2, 0) is 14.2 Å². The van der Waals surface area contributed by atoms with E-state index in [1.54, 1.807) is 0 Å². The minimum atomic E-state index is -0.431. The van der Waals surface area contributed by atoms with Crippen molar-refractivity contribution in [2.75, 3.05) is 13.2 Å². The zero-order chi connectivity index (χ0) is 15.5. The number of ether oxygens (including phenoxy) is 3. The molecular formula is C18H34O3. The third kappa shape index (κ3) is 4.20. The van der Waals surface area contributed by atoms with Gasteiger partial charge in [0, 0.05) is 19.1 Å². The number of hydrogen-bond acceptors (Lipinski definition) is 3. The Bertz CT molecular complexity index is 312. The molecule has 0 bridgehead atoms. The molecule has 21 heavy (non-hydrogen) atoms. The predicted molar refractivity (Wildman–Crippen MR) is 85.2 cm³/mol. The lowest BCUT2D eigenvalue weighted by Gasteiger charge is -2.39. The zero-order valence-electron chi connectivity index (χ0n) is 14.6. The van der Waals surface area contributed by atoms with Crippen LogP contribution in [0, 0.1) is 17.8 Å². The summed E-state index contributed by atoms with van der Waals surface area (Å²) in [6.45, 7) is 12.3. The maximum absolute atomic E-state index is 5.99. The fourth-order valence-corrected chi connectivity index (χ4v) is 4.20. The molecule has 1 aliphatic heterocycles. The molecule has 3 nitrogen and oxygen atoms in total. The van der Waals surface area contributed by atoms with Crippen molar-refractivity contribution in [3.8, 4) is 0 Å². The van der Waals surface area contributed by atoms with Crippen molar-refractivity contribution in [2.24, 2.45) is 17.8 Å². The first-order valence-electron chi connectivity index (χ1n) is 8.97. The molecule has 1 aliphatic carbocycles. The van der Waals surface area contributed by atoms with Gasteiger partial charge in [0.05, 0.1) is 12.2 Å². The van der Waals surface area contributed by atoms with Gasteiger partial charge in [-0.3, -0.25) is 0 Å². The third-order valence-electron chi connectivity index (χ3n) is 5.60. The summed E-state index contributed by atoms with van der Waals surface area (Å²) in [7, 11) is 0. The first-order valence-corrected chi connectivity index (χ1v) is 8.97. The molecule has 1 saturated carbocycles. The van der Waals surface area contributed by atoms with Gasteiger partial charge in [-0.1, -0.05) is 13.8 Å². The van der Waals surface area contributed by atoms with Crippen LogP contribution in [0.15, 0.2) is 0 Å². The molecule has 0 radical (unpaired) electrons. The molecule has 5 atom stereocenters. The first-order chi connectivity index (χ1) is 10.0. The van der Waals surface area contributed by atoms with Gasteiger partial charge >= 0.3 is 0 Å². The molecule has 1 heterocycles. The summed E-state index contributed by atoms with van der Waals surface area (Å²) in [6, 6.07) is 0. The van der Waals surface area contributed by atoms with Crippen molar-refractivity contribution in [1.29, 1.82) is 0 Å². The molecule has 124 valence electrons. The van der Waals surface area contributed by atoms with Crippen LogP contribution >= 0.6 is 0 Å². The molecule has 1 saturated heterocycles. The van der Waals surface area contributed by atoms with Crippen molar-refractivity contribution >= 4 is 0 Å². The molecular weight excluding hydrogens is 264 g/mol. The van der Waals surface area contributed by atoms with Gasteiger partial charge in [-0.2, -0.15) is 0 Å². The van der Waals surface area contributed by atoms with E-state index in [9.17, 15) is 0 Å². The van der Waals surface area contributed by atoms with Gasteiger partial charge in [0.2, 0.25) is 0 Å². The minimum Gasteiger partial charge on any atom is -0.370 e.